The van der Waals surface area contributed by atoms with E-state index in [-0.39, 0.29) is 16.2 Å². The first-order chi connectivity index (χ1) is 11.7. The van der Waals surface area contributed by atoms with Crippen molar-refractivity contribution in [1.29, 1.82) is 10.5 Å². The Morgan fingerprint density at radius 2 is 1.50 bits per heavy atom. The van der Waals surface area contributed by atoms with Gasteiger partial charge in [0.05, 0.1) is 5.56 Å². The summed E-state index contributed by atoms with van der Waals surface area (Å²) in [4.78, 5) is 12.4. The van der Waals surface area contributed by atoms with Crippen molar-refractivity contribution in [2.24, 2.45) is 0 Å². The Morgan fingerprint density at radius 1 is 0.917 bits per heavy atom. The first kappa shape index (κ1) is 17.0. The number of halogens is 1. The third-order valence-corrected chi connectivity index (χ3v) is 3.32. The fraction of sp³-hybridized carbons (Fsp3) is 0. The van der Waals surface area contributed by atoms with Crippen molar-refractivity contribution in [3.05, 3.63) is 83.4 Å². The molecule has 0 heterocycles. The van der Waals surface area contributed by atoms with Gasteiger partial charge in [-0.05, 0) is 30.4 Å². The largest absolute Gasteiger partial charge is 0.423 e. The Balaban J connectivity index is 2.32. The maximum Gasteiger partial charge on any atom is 0.344 e. The van der Waals surface area contributed by atoms with Gasteiger partial charge < -0.3 is 4.74 Å². The molecule has 0 aliphatic carbocycles. The van der Waals surface area contributed by atoms with Gasteiger partial charge in [0.15, 0.2) is 0 Å². The van der Waals surface area contributed by atoms with E-state index in [0.717, 1.165) is 0 Å². The molecular weight excluding hydrogens is 324 g/mol. The highest BCUT2D eigenvalue weighted by atomic mass is 35.5. The van der Waals surface area contributed by atoms with Crippen molar-refractivity contribution in [1.82, 2.24) is 0 Å². The smallest absolute Gasteiger partial charge is 0.344 e. The van der Waals surface area contributed by atoms with E-state index in [1.807, 2.05) is 6.07 Å². The van der Waals surface area contributed by atoms with E-state index < -0.39 is 5.97 Å². The van der Waals surface area contributed by atoms with Gasteiger partial charge >= 0.3 is 5.97 Å². The minimum atomic E-state index is -0.548. The molecule has 4 nitrogen and oxygen atoms in total. The van der Waals surface area contributed by atoms with Crippen LogP contribution in [0.1, 0.15) is 15.9 Å². The number of nitrogens with zero attached hydrogens (tertiary/aromatic N) is 2. The molecule has 0 bridgehead atoms. The van der Waals surface area contributed by atoms with Gasteiger partial charge in [0, 0.05) is 10.6 Å². The van der Waals surface area contributed by atoms with Gasteiger partial charge in [0.1, 0.15) is 23.5 Å². The van der Waals surface area contributed by atoms with Crippen LogP contribution in [0.15, 0.2) is 72.3 Å². The molecule has 0 N–H and O–H groups in total. The summed E-state index contributed by atoms with van der Waals surface area (Å²) in [5.41, 5.74) is 0.649. The summed E-state index contributed by atoms with van der Waals surface area (Å²) in [5, 5.41) is 17.7. The normalized spacial score (nSPS) is 10.2. The predicted molar refractivity (Wildman–Crippen MR) is 91.0 cm³/mol. The fourth-order valence-electron chi connectivity index (χ4n) is 1.87. The molecule has 24 heavy (non-hydrogen) atoms. The fourth-order valence-corrected chi connectivity index (χ4v) is 2.09. The lowest BCUT2D eigenvalue weighted by Crippen LogP contribution is -2.10. The molecule has 0 unspecified atom stereocenters. The second kappa shape index (κ2) is 8.33. The molecule has 0 aliphatic heterocycles. The van der Waals surface area contributed by atoms with Crippen molar-refractivity contribution in [2.75, 3.05) is 0 Å². The number of carbonyl (C=O) groups excluding carboxylic acids is 1. The molecule has 0 aliphatic rings. The molecule has 116 valence electrons. The molecule has 0 fully saturated rings. The van der Waals surface area contributed by atoms with Crippen LogP contribution in [0.5, 0.6) is 5.75 Å². The van der Waals surface area contributed by atoms with Gasteiger partial charge in [0.25, 0.3) is 0 Å². The minimum Gasteiger partial charge on any atom is -0.423 e. The van der Waals surface area contributed by atoms with Gasteiger partial charge in [-0.25, -0.2) is 4.79 Å². The van der Waals surface area contributed by atoms with Crippen LogP contribution in [0.3, 0.4) is 0 Å². The molecule has 0 saturated heterocycles. The van der Waals surface area contributed by atoms with Crippen LogP contribution in [0.25, 0.3) is 5.03 Å². The Morgan fingerprint density at radius 3 is 2.12 bits per heavy atom. The maximum absolute atomic E-state index is 12.4. The summed E-state index contributed by atoms with van der Waals surface area (Å²) in [6.45, 7) is 0. The van der Waals surface area contributed by atoms with E-state index >= 15 is 0 Å². The predicted octanol–water partition coefficient (Wildman–Crippen LogP) is 4.46. The first-order valence-corrected chi connectivity index (χ1v) is 7.28. The number of ether oxygens (including phenoxy) is 1. The van der Waals surface area contributed by atoms with Crippen LogP contribution < -0.4 is 4.74 Å². The van der Waals surface area contributed by atoms with E-state index in [9.17, 15) is 4.79 Å². The number of hydrogen-bond donors (Lipinski definition) is 0. The lowest BCUT2D eigenvalue weighted by Gasteiger charge is -2.08. The Labute approximate surface area is 144 Å². The molecule has 0 radical (unpaired) electrons. The number of rotatable bonds is 4. The summed E-state index contributed by atoms with van der Waals surface area (Å²) >= 11 is 6.21. The Bertz CT molecular complexity index is 872. The molecule has 2 aromatic carbocycles. The van der Waals surface area contributed by atoms with Crippen LogP contribution in [-0.4, -0.2) is 5.97 Å². The monoisotopic (exact) mass is 334 g/mol. The van der Waals surface area contributed by atoms with Crippen molar-refractivity contribution >= 4 is 22.6 Å². The van der Waals surface area contributed by atoms with Crippen LogP contribution in [0.2, 0.25) is 0 Å². The lowest BCUT2D eigenvalue weighted by atomic mass is 10.1. The molecule has 2 aromatic rings. The zero-order chi connectivity index (χ0) is 17.4. The summed E-state index contributed by atoms with van der Waals surface area (Å²) in [6.07, 6.45) is 2.69. The third-order valence-electron chi connectivity index (χ3n) is 3.00. The number of allylic oxidation sites excluding steroid dienone is 3. The van der Waals surface area contributed by atoms with Gasteiger partial charge in [-0.1, -0.05) is 48.0 Å². The number of esters is 1. The van der Waals surface area contributed by atoms with Gasteiger partial charge in [0.2, 0.25) is 0 Å². The van der Waals surface area contributed by atoms with Crippen molar-refractivity contribution < 1.29 is 9.53 Å². The maximum atomic E-state index is 12.4. The van der Waals surface area contributed by atoms with E-state index in [0.29, 0.717) is 11.3 Å². The molecular formula is C19H11ClN2O2. The molecule has 0 aromatic heterocycles. The number of hydrogen-bond acceptors (Lipinski definition) is 4. The molecule has 0 amide bonds. The summed E-state index contributed by atoms with van der Waals surface area (Å²) in [5.74, 6) is -0.123. The second-order valence-corrected chi connectivity index (χ2v) is 4.97. The average Bonchev–Trinajstić information content (AvgIpc) is 2.63. The zero-order valence-electron chi connectivity index (χ0n) is 12.4. The zero-order valence-corrected chi connectivity index (χ0v) is 13.2. The summed E-state index contributed by atoms with van der Waals surface area (Å²) in [7, 11) is 0. The molecule has 5 heteroatoms. The third kappa shape index (κ3) is 4.33. The quantitative estimate of drug-likeness (QED) is 0.358. The average molecular weight is 335 g/mol. The van der Waals surface area contributed by atoms with Crippen LogP contribution >= 0.6 is 11.6 Å². The highest BCUT2D eigenvalue weighted by Gasteiger charge is 2.15. The Kier molecular flexibility index (Phi) is 5.91. The highest BCUT2D eigenvalue weighted by molar-refractivity contribution is 6.49. The number of carbonyl (C=O) groups is 1. The van der Waals surface area contributed by atoms with E-state index in [4.69, 9.17) is 26.9 Å². The van der Waals surface area contributed by atoms with Crippen LogP contribution in [0.4, 0.5) is 0 Å². The van der Waals surface area contributed by atoms with Gasteiger partial charge in [-0.15, -0.1) is 0 Å². The van der Waals surface area contributed by atoms with Crippen molar-refractivity contribution in [3.63, 3.8) is 0 Å². The topological polar surface area (TPSA) is 73.9 Å². The molecule has 0 saturated carbocycles. The highest BCUT2D eigenvalue weighted by Crippen LogP contribution is 2.24. The van der Waals surface area contributed by atoms with E-state index in [2.05, 4.69) is 0 Å². The number of nitriles is 2. The standard InChI is InChI=1S/C19H11ClN2O2/c20-18(11-10-14(12-21)13-22)16-8-4-5-9-17(16)19(23)24-15-6-2-1-3-7-15/h1-11H. The van der Waals surface area contributed by atoms with Crippen molar-refractivity contribution in [3.8, 4) is 17.9 Å². The SMILES string of the molecule is N#CC(C#N)=CC=C(Cl)c1ccccc1C(=O)Oc1ccccc1. The van der Waals surface area contributed by atoms with E-state index in [1.165, 1.54) is 12.2 Å². The molecule has 2 rings (SSSR count). The number of para-hydroxylation sites is 1. The van der Waals surface area contributed by atoms with Gasteiger partial charge in [-0.2, -0.15) is 10.5 Å². The van der Waals surface area contributed by atoms with Crippen LogP contribution in [0, 0.1) is 22.7 Å². The van der Waals surface area contributed by atoms with Crippen molar-refractivity contribution in [2.45, 2.75) is 0 Å². The number of benzene rings is 2. The molecule has 0 atom stereocenters. The Hall–Kier alpha value is -3.34. The van der Waals surface area contributed by atoms with Crippen LogP contribution in [-0.2, 0) is 0 Å². The molecule has 0 spiro atoms. The first-order valence-electron chi connectivity index (χ1n) is 6.90. The minimum absolute atomic E-state index is 0.0857. The summed E-state index contributed by atoms with van der Waals surface area (Å²) < 4.78 is 5.31. The van der Waals surface area contributed by atoms with E-state index in [1.54, 1.807) is 60.7 Å². The second-order valence-electron chi connectivity index (χ2n) is 4.57. The lowest BCUT2D eigenvalue weighted by molar-refractivity contribution is 0.0734. The summed E-state index contributed by atoms with van der Waals surface area (Å²) in [6, 6.07) is 18.8. The van der Waals surface area contributed by atoms with Gasteiger partial charge in [-0.3, -0.25) is 0 Å².